The van der Waals surface area contributed by atoms with Crippen molar-refractivity contribution in [3.63, 3.8) is 0 Å². The number of furan rings is 1. The quantitative estimate of drug-likeness (QED) is 0.841. The summed E-state index contributed by atoms with van der Waals surface area (Å²) in [5, 5.41) is 11.7. The van der Waals surface area contributed by atoms with Crippen LogP contribution in [0.15, 0.2) is 4.42 Å². The van der Waals surface area contributed by atoms with E-state index in [4.69, 9.17) is 9.52 Å². The number of carbonyl (C=O) groups excluding carboxylic acids is 2. The van der Waals surface area contributed by atoms with Crippen LogP contribution in [0.4, 0.5) is 0 Å². The SMILES string of the molecule is CCCC[C@H](NC(=O)c1oc2c(c1C)C(=O)CCC2)C(=O)O. The minimum absolute atomic E-state index is 0.0117. The number of aliphatic carboxylic acids is 1. The van der Waals surface area contributed by atoms with Crippen molar-refractivity contribution in [3.8, 4) is 0 Å². The summed E-state index contributed by atoms with van der Waals surface area (Å²) in [5.41, 5.74) is 1.01. The van der Waals surface area contributed by atoms with E-state index in [2.05, 4.69) is 5.32 Å². The smallest absolute Gasteiger partial charge is 0.326 e. The van der Waals surface area contributed by atoms with Crippen LogP contribution < -0.4 is 5.32 Å². The molecule has 1 aromatic heterocycles. The second-order valence-electron chi connectivity index (χ2n) is 5.64. The van der Waals surface area contributed by atoms with Gasteiger partial charge in [0.25, 0.3) is 5.91 Å². The van der Waals surface area contributed by atoms with Crippen LogP contribution in [0.1, 0.15) is 71.3 Å². The predicted molar refractivity (Wildman–Crippen MR) is 79.1 cm³/mol. The van der Waals surface area contributed by atoms with E-state index in [0.29, 0.717) is 49.0 Å². The second-order valence-corrected chi connectivity index (χ2v) is 5.64. The first-order chi connectivity index (χ1) is 10.5. The number of Topliss-reactive ketones (excluding diaryl/α,β-unsaturated/α-hetero) is 1. The van der Waals surface area contributed by atoms with Crippen LogP contribution in [-0.4, -0.2) is 28.8 Å². The van der Waals surface area contributed by atoms with E-state index in [1.807, 2.05) is 6.92 Å². The summed E-state index contributed by atoms with van der Waals surface area (Å²) in [7, 11) is 0. The monoisotopic (exact) mass is 307 g/mol. The Balaban J connectivity index is 2.19. The molecule has 0 unspecified atom stereocenters. The molecule has 6 heteroatoms. The number of nitrogens with one attached hydrogen (secondary N) is 1. The molecule has 1 atom stereocenters. The molecule has 2 N–H and O–H groups in total. The fourth-order valence-corrected chi connectivity index (χ4v) is 2.75. The molecule has 0 bridgehead atoms. The molecule has 0 aromatic carbocycles. The third kappa shape index (κ3) is 3.21. The molecular weight excluding hydrogens is 286 g/mol. The highest BCUT2D eigenvalue weighted by Gasteiger charge is 2.30. The molecule has 1 aliphatic rings. The van der Waals surface area contributed by atoms with Crippen molar-refractivity contribution in [1.29, 1.82) is 0 Å². The van der Waals surface area contributed by atoms with Crippen LogP contribution in [0.25, 0.3) is 0 Å². The molecule has 120 valence electrons. The summed E-state index contributed by atoms with van der Waals surface area (Å²) in [6, 6.07) is -0.940. The van der Waals surface area contributed by atoms with Gasteiger partial charge in [-0.05, 0) is 19.8 Å². The molecular formula is C16H21NO5. The number of ketones is 1. The number of carbonyl (C=O) groups is 3. The number of carboxylic acids is 1. The van der Waals surface area contributed by atoms with Gasteiger partial charge in [0.2, 0.25) is 0 Å². The molecule has 22 heavy (non-hydrogen) atoms. The lowest BCUT2D eigenvalue weighted by molar-refractivity contribution is -0.139. The number of hydrogen-bond acceptors (Lipinski definition) is 4. The lowest BCUT2D eigenvalue weighted by Crippen LogP contribution is -2.40. The van der Waals surface area contributed by atoms with Gasteiger partial charge in [0.15, 0.2) is 11.5 Å². The predicted octanol–water partition coefficient (Wildman–Crippen LogP) is 2.48. The van der Waals surface area contributed by atoms with E-state index < -0.39 is 17.9 Å². The highest BCUT2D eigenvalue weighted by Crippen LogP contribution is 2.29. The number of aryl methyl sites for hydroxylation is 1. The van der Waals surface area contributed by atoms with Crippen molar-refractivity contribution in [2.24, 2.45) is 0 Å². The summed E-state index contributed by atoms with van der Waals surface area (Å²) in [6.07, 6.45) is 3.74. The Morgan fingerprint density at radius 1 is 1.36 bits per heavy atom. The van der Waals surface area contributed by atoms with E-state index in [9.17, 15) is 14.4 Å². The first-order valence-corrected chi connectivity index (χ1v) is 7.64. The maximum absolute atomic E-state index is 12.3. The van der Waals surface area contributed by atoms with Crippen LogP contribution in [0.3, 0.4) is 0 Å². The first-order valence-electron chi connectivity index (χ1n) is 7.64. The van der Waals surface area contributed by atoms with E-state index in [1.165, 1.54) is 0 Å². The number of fused-ring (bicyclic) bond motifs is 1. The summed E-state index contributed by atoms with van der Waals surface area (Å²) in [6.45, 7) is 3.62. The Kier molecular flexibility index (Phi) is 5.00. The van der Waals surface area contributed by atoms with Crippen LogP contribution in [0.5, 0.6) is 0 Å². The molecule has 1 amide bonds. The number of carboxylic acid groups (broad SMARTS) is 1. The number of rotatable bonds is 6. The minimum atomic E-state index is -1.06. The average Bonchev–Trinajstić information content (AvgIpc) is 2.81. The van der Waals surface area contributed by atoms with Gasteiger partial charge in [-0.15, -0.1) is 0 Å². The Morgan fingerprint density at radius 2 is 2.09 bits per heavy atom. The van der Waals surface area contributed by atoms with Crippen molar-refractivity contribution in [1.82, 2.24) is 5.32 Å². The van der Waals surface area contributed by atoms with Gasteiger partial charge in [-0.3, -0.25) is 9.59 Å². The number of hydrogen-bond donors (Lipinski definition) is 2. The number of unbranched alkanes of at least 4 members (excludes halogenated alkanes) is 1. The van der Waals surface area contributed by atoms with Gasteiger partial charge in [0.1, 0.15) is 11.8 Å². The van der Waals surface area contributed by atoms with Crippen molar-refractivity contribution in [3.05, 3.63) is 22.6 Å². The van der Waals surface area contributed by atoms with Crippen LogP contribution >= 0.6 is 0 Å². The average molecular weight is 307 g/mol. The molecule has 0 fully saturated rings. The Hall–Kier alpha value is -2.11. The maximum Gasteiger partial charge on any atom is 0.326 e. The van der Waals surface area contributed by atoms with Gasteiger partial charge in [-0.1, -0.05) is 19.8 Å². The van der Waals surface area contributed by atoms with Crippen LogP contribution in [0.2, 0.25) is 0 Å². The zero-order valence-electron chi connectivity index (χ0n) is 12.9. The van der Waals surface area contributed by atoms with Crippen molar-refractivity contribution in [2.75, 3.05) is 0 Å². The van der Waals surface area contributed by atoms with E-state index >= 15 is 0 Å². The van der Waals surface area contributed by atoms with E-state index in [0.717, 1.165) is 6.42 Å². The molecule has 6 nitrogen and oxygen atoms in total. The molecule has 0 aliphatic heterocycles. The minimum Gasteiger partial charge on any atom is -0.480 e. The Labute approximate surface area is 128 Å². The standard InChI is InChI=1S/C16H21NO5/c1-3-4-6-10(16(20)21)17-15(19)14-9(2)13-11(18)7-5-8-12(13)22-14/h10H,3-8H2,1-2H3,(H,17,19)(H,20,21)/t10-/m0/s1. The number of amides is 1. The fourth-order valence-electron chi connectivity index (χ4n) is 2.75. The van der Waals surface area contributed by atoms with E-state index in [-0.39, 0.29) is 11.5 Å². The summed E-state index contributed by atoms with van der Waals surface area (Å²) in [5.74, 6) is -1.04. The van der Waals surface area contributed by atoms with Crippen LogP contribution in [-0.2, 0) is 11.2 Å². The van der Waals surface area contributed by atoms with Gasteiger partial charge in [-0.2, -0.15) is 0 Å². The molecule has 0 saturated carbocycles. The summed E-state index contributed by atoms with van der Waals surface area (Å²) >= 11 is 0. The van der Waals surface area contributed by atoms with Crippen molar-refractivity contribution < 1.29 is 23.9 Å². The van der Waals surface area contributed by atoms with Crippen molar-refractivity contribution >= 4 is 17.7 Å². The Bertz CT molecular complexity index is 602. The van der Waals surface area contributed by atoms with Gasteiger partial charge in [0.05, 0.1) is 5.56 Å². The highest BCUT2D eigenvalue weighted by molar-refractivity contribution is 6.03. The second kappa shape index (κ2) is 6.77. The molecule has 1 aromatic rings. The molecule has 1 heterocycles. The molecule has 1 aliphatic carbocycles. The lowest BCUT2D eigenvalue weighted by atomic mass is 9.94. The third-order valence-corrected chi connectivity index (χ3v) is 3.96. The van der Waals surface area contributed by atoms with Gasteiger partial charge >= 0.3 is 5.97 Å². The molecule has 2 rings (SSSR count). The van der Waals surface area contributed by atoms with Gasteiger partial charge in [-0.25, -0.2) is 4.79 Å². The zero-order chi connectivity index (χ0) is 16.3. The van der Waals surface area contributed by atoms with Gasteiger partial charge < -0.3 is 14.8 Å². The molecule has 0 spiro atoms. The first kappa shape index (κ1) is 16.3. The largest absolute Gasteiger partial charge is 0.480 e. The Morgan fingerprint density at radius 3 is 2.68 bits per heavy atom. The maximum atomic E-state index is 12.3. The molecule has 0 saturated heterocycles. The zero-order valence-corrected chi connectivity index (χ0v) is 12.9. The normalized spacial score (nSPS) is 15.3. The fraction of sp³-hybridized carbons (Fsp3) is 0.562. The summed E-state index contributed by atoms with van der Waals surface area (Å²) in [4.78, 5) is 35.4. The highest BCUT2D eigenvalue weighted by atomic mass is 16.4. The summed E-state index contributed by atoms with van der Waals surface area (Å²) < 4.78 is 5.53. The van der Waals surface area contributed by atoms with E-state index in [1.54, 1.807) is 6.92 Å². The van der Waals surface area contributed by atoms with Crippen LogP contribution in [0, 0.1) is 6.92 Å². The van der Waals surface area contributed by atoms with Crippen molar-refractivity contribution in [2.45, 2.75) is 58.4 Å². The lowest BCUT2D eigenvalue weighted by Gasteiger charge is -2.13. The topological polar surface area (TPSA) is 96.6 Å². The molecule has 0 radical (unpaired) electrons. The van der Waals surface area contributed by atoms with Gasteiger partial charge in [0, 0.05) is 18.4 Å². The third-order valence-electron chi connectivity index (χ3n) is 3.96.